The summed E-state index contributed by atoms with van der Waals surface area (Å²) in [5.74, 6) is -3.07. The number of sulfonamides is 1. The third-order valence-electron chi connectivity index (χ3n) is 4.48. The van der Waals surface area contributed by atoms with E-state index >= 15 is 0 Å². The molecule has 1 aliphatic rings. The van der Waals surface area contributed by atoms with E-state index in [1.54, 1.807) is 0 Å². The average Bonchev–Trinajstić information content (AvgIpc) is 2.65. The van der Waals surface area contributed by atoms with Crippen LogP contribution in [0.1, 0.15) is 0 Å². The molecule has 6 nitrogen and oxygen atoms in total. The second kappa shape index (κ2) is 8.29. The van der Waals surface area contributed by atoms with E-state index in [0.717, 1.165) is 23.1 Å². The van der Waals surface area contributed by atoms with E-state index in [0.29, 0.717) is 13.1 Å². The van der Waals surface area contributed by atoms with Crippen LogP contribution in [0.15, 0.2) is 47.4 Å². The van der Waals surface area contributed by atoms with E-state index < -0.39 is 27.5 Å². The molecule has 2 aromatic carbocycles. The second-order valence-corrected chi connectivity index (χ2v) is 8.40. The van der Waals surface area contributed by atoms with Gasteiger partial charge in [0.1, 0.15) is 5.82 Å². The van der Waals surface area contributed by atoms with Crippen molar-refractivity contribution in [1.29, 1.82) is 0 Å². The van der Waals surface area contributed by atoms with Gasteiger partial charge in [0.25, 0.3) is 5.91 Å². The summed E-state index contributed by atoms with van der Waals surface area (Å²) in [7, 11) is -3.79. The number of hydrogen-bond acceptors (Lipinski definition) is 3. The number of rotatable bonds is 5. The van der Waals surface area contributed by atoms with Crippen molar-refractivity contribution in [3.8, 4) is 0 Å². The summed E-state index contributed by atoms with van der Waals surface area (Å²) in [6.07, 6.45) is 0. The van der Waals surface area contributed by atoms with Crippen LogP contribution in [0.5, 0.6) is 0 Å². The largest absolute Gasteiger partial charge is 0.325 e. The highest BCUT2D eigenvalue weighted by atomic mass is 32.2. The molecule has 1 aliphatic heterocycles. The maximum absolute atomic E-state index is 13.3. The number of carbonyl (C=O) groups excluding carboxylic acids is 1. The van der Waals surface area contributed by atoms with Gasteiger partial charge in [-0.2, -0.15) is 4.31 Å². The first-order valence-corrected chi connectivity index (χ1v) is 10.0. The minimum absolute atomic E-state index is 0.0623. The Balaban J connectivity index is 1.55. The van der Waals surface area contributed by atoms with Crippen LogP contribution in [-0.4, -0.2) is 51.4 Å². The molecule has 2 N–H and O–H groups in total. The first-order chi connectivity index (χ1) is 13.3. The van der Waals surface area contributed by atoms with Crippen LogP contribution in [0.2, 0.25) is 0 Å². The number of amides is 1. The van der Waals surface area contributed by atoms with Crippen LogP contribution in [0.4, 0.5) is 18.9 Å². The molecule has 0 aliphatic carbocycles. The van der Waals surface area contributed by atoms with Crippen molar-refractivity contribution in [3.05, 3.63) is 59.9 Å². The standard InChI is InChI=1S/C18H18F3N3O3S/c19-13-2-1-3-15(10-13)28(26,27)24-8-6-23(7-9-24)12-18(25)22-14-4-5-16(20)17(21)11-14/h1-5,10-11H,6-9,12H2,(H,22,25)/p+1. The van der Waals surface area contributed by atoms with Crippen molar-refractivity contribution < 1.29 is 31.3 Å². The minimum atomic E-state index is -3.79. The third kappa shape index (κ3) is 4.70. The molecule has 0 saturated carbocycles. The zero-order valence-corrected chi connectivity index (χ0v) is 15.6. The summed E-state index contributed by atoms with van der Waals surface area (Å²) >= 11 is 0. The van der Waals surface area contributed by atoms with Gasteiger partial charge in [-0.1, -0.05) is 6.07 Å². The molecule has 150 valence electrons. The number of quaternary nitrogens is 1. The Morgan fingerprint density at radius 1 is 1.04 bits per heavy atom. The summed E-state index contributed by atoms with van der Waals surface area (Å²) in [5, 5.41) is 2.49. The van der Waals surface area contributed by atoms with E-state index in [1.807, 2.05) is 0 Å². The Bertz CT molecular complexity index is 977. The van der Waals surface area contributed by atoms with E-state index in [9.17, 15) is 26.4 Å². The number of halogens is 3. The molecule has 1 saturated heterocycles. The molecule has 0 aromatic heterocycles. The van der Waals surface area contributed by atoms with Crippen LogP contribution >= 0.6 is 0 Å². The van der Waals surface area contributed by atoms with Crippen LogP contribution < -0.4 is 10.2 Å². The Morgan fingerprint density at radius 3 is 2.39 bits per heavy atom. The lowest BCUT2D eigenvalue weighted by Gasteiger charge is -2.31. The maximum Gasteiger partial charge on any atom is 0.279 e. The highest BCUT2D eigenvalue weighted by Crippen LogP contribution is 2.16. The Morgan fingerprint density at radius 2 is 1.75 bits per heavy atom. The van der Waals surface area contributed by atoms with Crippen molar-refractivity contribution in [2.75, 3.05) is 38.0 Å². The van der Waals surface area contributed by atoms with Crippen molar-refractivity contribution in [2.45, 2.75) is 4.90 Å². The monoisotopic (exact) mass is 414 g/mol. The third-order valence-corrected chi connectivity index (χ3v) is 6.37. The Hall–Kier alpha value is -2.43. The molecule has 0 bridgehead atoms. The fraction of sp³-hybridized carbons (Fsp3) is 0.278. The van der Waals surface area contributed by atoms with Gasteiger partial charge >= 0.3 is 0 Å². The highest BCUT2D eigenvalue weighted by molar-refractivity contribution is 7.89. The molecule has 0 atom stereocenters. The average molecular weight is 414 g/mol. The molecular weight excluding hydrogens is 395 g/mol. The lowest BCUT2D eigenvalue weighted by Crippen LogP contribution is -3.15. The summed E-state index contributed by atoms with van der Waals surface area (Å²) in [4.78, 5) is 12.8. The Kier molecular flexibility index (Phi) is 6.01. The van der Waals surface area contributed by atoms with Gasteiger partial charge < -0.3 is 10.2 Å². The smallest absolute Gasteiger partial charge is 0.279 e. The number of nitrogens with one attached hydrogen (secondary N) is 2. The molecule has 1 amide bonds. The molecule has 0 radical (unpaired) electrons. The first kappa shape index (κ1) is 20.3. The lowest BCUT2D eigenvalue weighted by molar-refractivity contribution is -0.895. The summed E-state index contributed by atoms with van der Waals surface area (Å²) < 4.78 is 65.8. The predicted molar refractivity (Wildman–Crippen MR) is 95.7 cm³/mol. The van der Waals surface area contributed by atoms with Gasteiger partial charge in [0.2, 0.25) is 10.0 Å². The molecule has 3 rings (SSSR count). The van der Waals surface area contributed by atoms with Crippen molar-refractivity contribution >= 4 is 21.6 Å². The SMILES string of the molecule is O=C(C[NH+]1CCN(S(=O)(=O)c2cccc(F)c2)CC1)Nc1ccc(F)c(F)c1. The van der Waals surface area contributed by atoms with Gasteiger partial charge in [-0.15, -0.1) is 0 Å². The number of benzene rings is 2. The van der Waals surface area contributed by atoms with Gasteiger partial charge in [0.05, 0.1) is 31.1 Å². The molecule has 1 fully saturated rings. The summed E-state index contributed by atoms with van der Waals surface area (Å²) in [6, 6.07) is 7.91. The van der Waals surface area contributed by atoms with Crippen LogP contribution in [0.3, 0.4) is 0 Å². The van der Waals surface area contributed by atoms with Crippen molar-refractivity contribution in [2.24, 2.45) is 0 Å². The van der Waals surface area contributed by atoms with Gasteiger partial charge in [-0.05, 0) is 30.3 Å². The normalized spacial score (nSPS) is 16.1. The van der Waals surface area contributed by atoms with Crippen molar-refractivity contribution in [1.82, 2.24) is 4.31 Å². The van der Waals surface area contributed by atoms with E-state index in [2.05, 4.69) is 5.32 Å². The fourth-order valence-corrected chi connectivity index (χ4v) is 4.48. The van der Waals surface area contributed by atoms with E-state index in [4.69, 9.17) is 0 Å². The number of nitrogens with zero attached hydrogens (tertiary/aromatic N) is 1. The number of carbonyl (C=O) groups is 1. The van der Waals surface area contributed by atoms with Gasteiger partial charge in [0, 0.05) is 11.8 Å². The predicted octanol–water partition coefficient (Wildman–Crippen LogP) is 0.632. The highest BCUT2D eigenvalue weighted by Gasteiger charge is 2.31. The maximum atomic E-state index is 13.3. The summed E-state index contributed by atoms with van der Waals surface area (Å²) in [5.41, 5.74) is 0.149. The van der Waals surface area contributed by atoms with Crippen LogP contribution in [0.25, 0.3) is 0 Å². The number of anilines is 1. The van der Waals surface area contributed by atoms with Gasteiger partial charge in [-0.3, -0.25) is 4.79 Å². The Labute approximate surface area is 160 Å². The second-order valence-electron chi connectivity index (χ2n) is 6.47. The lowest BCUT2D eigenvalue weighted by atomic mass is 10.3. The van der Waals surface area contributed by atoms with Crippen LogP contribution in [-0.2, 0) is 14.8 Å². The molecule has 10 heteroatoms. The molecule has 28 heavy (non-hydrogen) atoms. The van der Waals surface area contributed by atoms with Gasteiger partial charge in [0.15, 0.2) is 18.2 Å². The first-order valence-electron chi connectivity index (χ1n) is 8.60. The minimum Gasteiger partial charge on any atom is -0.325 e. The number of hydrogen-bond donors (Lipinski definition) is 2. The van der Waals surface area contributed by atoms with Crippen molar-refractivity contribution in [3.63, 3.8) is 0 Å². The molecule has 0 spiro atoms. The molecule has 2 aromatic rings. The molecule has 1 heterocycles. The topological polar surface area (TPSA) is 70.9 Å². The fourth-order valence-electron chi connectivity index (χ4n) is 3.00. The zero-order valence-electron chi connectivity index (χ0n) is 14.8. The summed E-state index contributed by atoms with van der Waals surface area (Å²) in [6.45, 7) is 1.21. The zero-order chi connectivity index (χ0) is 20.3. The molecule has 0 unspecified atom stereocenters. The van der Waals surface area contributed by atoms with Crippen LogP contribution in [0, 0.1) is 17.5 Å². The number of piperazine rings is 1. The van der Waals surface area contributed by atoms with Gasteiger partial charge in [-0.25, -0.2) is 21.6 Å². The van der Waals surface area contributed by atoms with E-state index in [1.165, 1.54) is 28.6 Å². The van der Waals surface area contributed by atoms with E-state index in [-0.39, 0.29) is 36.1 Å². The quantitative estimate of drug-likeness (QED) is 0.754. The molecular formula is C18H19F3N3O3S+.